The highest BCUT2D eigenvalue weighted by atomic mass is 79.9. The van der Waals surface area contributed by atoms with Crippen LogP contribution in [-0.4, -0.2) is 37.0 Å². The number of nitriles is 1. The number of benzene rings is 1. The number of nitrogens with zero attached hydrogens (tertiary/aromatic N) is 3. The molecule has 0 bridgehead atoms. The number of amides is 1. The summed E-state index contributed by atoms with van der Waals surface area (Å²) in [6.07, 6.45) is 1.15. The second kappa shape index (κ2) is 6.38. The molecule has 1 fully saturated rings. The quantitative estimate of drug-likeness (QED) is 0.834. The van der Waals surface area contributed by atoms with Gasteiger partial charge in [0.2, 0.25) is 5.91 Å². The second-order valence-corrected chi connectivity index (χ2v) is 5.99. The van der Waals surface area contributed by atoms with E-state index in [9.17, 15) is 4.79 Å². The van der Waals surface area contributed by atoms with Gasteiger partial charge in [-0.2, -0.15) is 5.26 Å². The van der Waals surface area contributed by atoms with Gasteiger partial charge in [-0.15, -0.1) is 0 Å². The zero-order valence-electron chi connectivity index (χ0n) is 11.8. The topological polar surface area (TPSA) is 47.3 Å². The number of halogens is 1. The van der Waals surface area contributed by atoms with E-state index in [4.69, 9.17) is 5.26 Å². The molecule has 0 N–H and O–H groups in total. The Hall–Kier alpha value is -1.38. The Morgan fingerprint density at radius 1 is 1.45 bits per heavy atom. The first-order valence-electron chi connectivity index (χ1n) is 6.69. The summed E-state index contributed by atoms with van der Waals surface area (Å²) in [5, 5.41) is 8.93. The fourth-order valence-electron chi connectivity index (χ4n) is 2.45. The van der Waals surface area contributed by atoms with Crippen LogP contribution < -0.4 is 4.90 Å². The molecule has 0 spiro atoms. The van der Waals surface area contributed by atoms with Gasteiger partial charge in [0, 0.05) is 23.2 Å². The lowest BCUT2D eigenvalue weighted by Crippen LogP contribution is -2.44. The van der Waals surface area contributed by atoms with Crippen molar-refractivity contribution in [2.24, 2.45) is 0 Å². The minimum Gasteiger partial charge on any atom is -0.311 e. The molecule has 1 aliphatic rings. The molecule has 4 nitrogen and oxygen atoms in total. The molecule has 1 aliphatic heterocycles. The highest BCUT2D eigenvalue weighted by Crippen LogP contribution is 2.26. The van der Waals surface area contributed by atoms with E-state index in [1.165, 1.54) is 0 Å². The SMILES string of the molecule is Cc1ccc(N2CCCN(C)C(CC#N)C2=O)cc1Br. The van der Waals surface area contributed by atoms with Gasteiger partial charge in [0.1, 0.15) is 6.04 Å². The minimum absolute atomic E-state index is 0.0160. The lowest BCUT2D eigenvalue weighted by atomic mass is 10.1. The molecular formula is C15H18BrN3O. The molecule has 0 saturated carbocycles. The van der Waals surface area contributed by atoms with Crippen LogP contribution in [0, 0.1) is 18.3 Å². The zero-order chi connectivity index (χ0) is 14.7. The number of anilines is 1. The number of hydrogen-bond acceptors (Lipinski definition) is 3. The summed E-state index contributed by atoms with van der Waals surface area (Å²) in [7, 11) is 1.91. The third kappa shape index (κ3) is 3.02. The molecule has 20 heavy (non-hydrogen) atoms. The van der Waals surface area contributed by atoms with E-state index in [0.29, 0.717) is 6.54 Å². The van der Waals surface area contributed by atoms with E-state index in [-0.39, 0.29) is 18.4 Å². The summed E-state index contributed by atoms with van der Waals surface area (Å²) < 4.78 is 0.997. The third-order valence-corrected chi connectivity index (χ3v) is 4.58. The summed E-state index contributed by atoms with van der Waals surface area (Å²) in [4.78, 5) is 16.4. The van der Waals surface area contributed by atoms with Gasteiger partial charge in [-0.05, 0) is 38.1 Å². The Balaban J connectivity index is 2.32. The number of likely N-dealkylation sites (N-methyl/N-ethyl adjacent to an activating group) is 1. The van der Waals surface area contributed by atoms with Crippen LogP contribution in [-0.2, 0) is 4.79 Å². The van der Waals surface area contributed by atoms with Crippen molar-refractivity contribution in [3.05, 3.63) is 28.2 Å². The molecule has 1 atom stereocenters. The molecule has 5 heteroatoms. The summed E-state index contributed by atoms with van der Waals surface area (Å²) in [6.45, 7) is 3.55. The molecule has 0 aromatic heterocycles. The second-order valence-electron chi connectivity index (χ2n) is 5.14. The molecule has 2 rings (SSSR count). The average Bonchev–Trinajstić information content (AvgIpc) is 2.55. The summed E-state index contributed by atoms with van der Waals surface area (Å²) >= 11 is 3.51. The van der Waals surface area contributed by atoms with Crippen molar-refractivity contribution < 1.29 is 4.79 Å². The third-order valence-electron chi connectivity index (χ3n) is 3.73. The molecule has 1 aromatic rings. The van der Waals surface area contributed by atoms with Gasteiger partial charge in [-0.1, -0.05) is 22.0 Å². The smallest absolute Gasteiger partial charge is 0.245 e. The largest absolute Gasteiger partial charge is 0.311 e. The standard InChI is InChI=1S/C15H18BrN3O/c1-11-4-5-12(10-13(11)16)19-9-3-8-18(2)14(6-7-17)15(19)20/h4-5,10,14H,3,6,8-9H2,1-2H3. The highest BCUT2D eigenvalue weighted by molar-refractivity contribution is 9.10. The van der Waals surface area contributed by atoms with Crippen LogP contribution in [0.1, 0.15) is 18.4 Å². The Morgan fingerprint density at radius 3 is 2.85 bits per heavy atom. The van der Waals surface area contributed by atoms with Gasteiger partial charge < -0.3 is 4.90 Å². The van der Waals surface area contributed by atoms with Crippen molar-refractivity contribution in [2.75, 3.05) is 25.0 Å². The van der Waals surface area contributed by atoms with E-state index < -0.39 is 0 Å². The maximum absolute atomic E-state index is 12.7. The molecule has 106 valence electrons. The van der Waals surface area contributed by atoms with Gasteiger partial charge in [0.15, 0.2) is 0 Å². The van der Waals surface area contributed by atoms with Crippen molar-refractivity contribution >= 4 is 27.5 Å². The average molecular weight is 336 g/mol. The van der Waals surface area contributed by atoms with E-state index in [1.54, 1.807) is 4.90 Å². The summed E-state index contributed by atoms with van der Waals surface area (Å²) in [5.74, 6) is 0.0160. The predicted octanol–water partition coefficient (Wildman–Crippen LogP) is 2.71. The van der Waals surface area contributed by atoms with Crippen LogP contribution in [0.4, 0.5) is 5.69 Å². The number of aryl methyl sites for hydroxylation is 1. The lowest BCUT2D eigenvalue weighted by Gasteiger charge is -2.26. The van der Waals surface area contributed by atoms with Crippen LogP contribution in [0.3, 0.4) is 0 Å². The lowest BCUT2D eigenvalue weighted by molar-refractivity contribution is -0.122. The van der Waals surface area contributed by atoms with E-state index in [2.05, 4.69) is 22.0 Å². The van der Waals surface area contributed by atoms with Crippen molar-refractivity contribution in [1.82, 2.24) is 4.90 Å². The van der Waals surface area contributed by atoms with E-state index in [0.717, 1.165) is 28.7 Å². The Morgan fingerprint density at radius 2 is 2.20 bits per heavy atom. The first-order chi connectivity index (χ1) is 9.54. The zero-order valence-corrected chi connectivity index (χ0v) is 13.4. The van der Waals surface area contributed by atoms with Crippen molar-refractivity contribution in [2.45, 2.75) is 25.8 Å². The maximum Gasteiger partial charge on any atom is 0.245 e. The number of hydrogen-bond donors (Lipinski definition) is 0. The van der Waals surface area contributed by atoms with Crippen LogP contribution >= 0.6 is 15.9 Å². The molecule has 1 heterocycles. The van der Waals surface area contributed by atoms with Gasteiger partial charge in [0.25, 0.3) is 0 Å². The monoisotopic (exact) mass is 335 g/mol. The highest BCUT2D eigenvalue weighted by Gasteiger charge is 2.31. The normalized spacial score (nSPS) is 20.6. The van der Waals surface area contributed by atoms with Gasteiger partial charge in [-0.3, -0.25) is 9.69 Å². The fourth-order valence-corrected chi connectivity index (χ4v) is 2.82. The molecule has 0 aliphatic carbocycles. The molecule has 1 unspecified atom stereocenters. The van der Waals surface area contributed by atoms with Crippen molar-refractivity contribution in [1.29, 1.82) is 5.26 Å². The molecule has 1 amide bonds. The first kappa shape index (κ1) is 15.0. The number of carbonyl (C=O) groups is 1. The summed E-state index contributed by atoms with van der Waals surface area (Å²) in [6, 6.07) is 7.72. The first-order valence-corrected chi connectivity index (χ1v) is 7.48. The molecule has 0 radical (unpaired) electrons. The van der Waals surface area contributed by atoms with Crippen molar-refractivity contribution in [3.8, 4) is 6.07 Å². The number of carbonyl (C=O) groups excluding carboxylic acids is 1. The van der Waals surface area contributed by atoms with E-state index >= 15 is 0 Å². The van der Waals surface area contributed by atoms with E-state index in [1.807, 2.05) is 37.1 Å². The van der Waals surface area contributed by atoms with Crippen LogP contribution in [0.15, 0.2) is 22.7 Å². The van der Waals surface area contributed by atoms with Crippen LogP contribution in [0.5, 0.6) is 0 Å². The van der Waals surface area contributed by atoms with Gasteiger partial charge in [0.05, 0.1) is 12.5 Å². The molecule has 1 saturated heterocycles. The number of rotatable bonds is 2. The van der Waals surface area contributed by atoms with Crippen LogP contribution in [0.25, 0.3) is 0 Å². The molecular weight excluding hydrogens is 318 g/mol. The maximum atomic E-state index is 12.7. The Labute approximate surface area is 128 Å². The Kier molecular flexibility index (Phi) is 4.79. The summed E-state index contributed by atoms with van der Waals surface area (Å²) in [5.41, 5.74) is 2.03. The van der Waals surface area contributed by atoms with Gasteiger partial charge in [-0.25, -0.2) is 0 Å². The predicted molar refractivity (Wildman–Crippen MR) is 82.5 cm³/mol. The molecule has 1 aromatic carbocycles. The van der Waals surface area contributed by atoms with Crippen molar-refractivity contribution in [3.63, 3.8) is 0 Å². The minimum atomic E-state index is -0.345. The fraction of sp³-hybridized carbons (Fsp3) is 0.467. The van der Waals surface area contributed by atoms with Crippen LogP contribution in [0.2, 0.25) is 0 Å². The Bertz CT molecular complexity index is 553. The van der Waals surface area contributed by atoms with Gasteiger partial charge >= 0.3 is 0 Å².